The quantitative estimate of drug-likeness (QED) is 0.841. The Kier molecular flexibility index (Phi) is 2.75. The maximum absolute atomic E-state index is 13.7. The summed E-state index contributed by atoms with van der Waals surface area (Å²) in [5, 5.41) is 13.4. The van der Waals surface area contributed by atoms with E-state index in [9.17, 15) is 9.50 Å². The number of halogens is 1. The summed E-state index contributed by atoms with van der Waals surface area (Å²) in [4.78, 5) is 0. The fraction of sp³-hybridized carbons (Fsp3) is 0.250. The van der Waals surface area contributed by atoms with Crippen LogP contribution in [-0.2, 0) is 6.61 Å². The number of para-hydroxylation sites is 1. The molecular formula is C12H13FN2O. The molecule has 4 heteroatoms. The Morgan fingerprint density at radius 3 is 2.69 bits per heavy atom. The number of aryl methyl sites for hydroxylation is 2. The molecule has 0 spiro atoms. The van der Waals surface area contributed by atoms with E-state index in [1.165, 1.54) is 10.7 Å². The van der Waals surface area contributed by atoms with Gasteiger partial charge in [-0.15, -0.1) is 0 Å². The molecule has 0 saturated heterocycles. The molecule has 0 atom stereocenters. The van der Waals surface area contributed by atoms with Crippen LogP contribution in [0.15, 0.2) is 24.3 Å². The van der Waals surface area contributed by atoms with Crippen LogP contribution < -0.4 is 0 Å². The summed E-state index contributed by atoms with van der Waals surface area (Å²) < 4.78 is 15.3. The van der Waals surface area contributed by atoms with Gasteiger partial charge in [0.1, 0.15) is 11.5 Å². The first-order valence-corrected chi connectivity index (χ1v) is 5.05. The van der Waals surface area contributed by atoms with Crippen molar-refractivity contribution in [2.45, 2.75) is 20.5 Å². The second-order valence-corrected chi connectivity index (χ2v) is 3.74. The molecule has 0 radical (unpaired) electrons. The first-order valence-electron chi connectivity index (χ1n) is 5.05. The lowest BCUT2D eigenvalue weighted by Crippen LogP contribution is -2.06. The van der Waals surface area contributed by atoms with Crippen molar-refractivity contribution in [3.05, 3.63) is 47.0 Å². The van der Waals surface area contributed by atoms with E-state index in [-0.39, 0.29) is 12.4 Å². The molecule has 84 valence electrons. The normalized spacial score (nSPS) is 10.8. The van der Waals surface area contributed by atoms with Crippen molar-refractivity contribution in [1.82, 2.24) is 9.78 Å². The average Bonchev–Trinajstić information content (AvgIpc) is 2.57. The number of hydrogen-bond acceptors (Lipinski definition) is 2. The minimum atomic E-state index is -0.377. The molecule has 2 aromatic rings. The Morgan fingerprint density at radius 1 is 1.38 bits per heavy atom. The lowest BCUT2D eigenvalue weighted by atomic mass is 10.2. The van der Waals surface area contributed by atoms with Crippen LogP contribution in [0.5, 0.6) is 0 Å². The van der Waals surface area contributed by atoms with E-state index < -0.39 is 0 Å². The third kappa shape index (κ3) is 1.72. The maximum Gasteiger partial charge on any atom is 0.149 e. The van der Waals surface area contributed by atoms with E-state index in [2.05, 4.69) is 5.10 Å². The van der Waals surface area contributed by atoms with Gasteiger partial charge in [-0.1, -0.05) is 12.1 Å². The van der Waals surface area contributed by atoms with E-state index in [0.717, 1.165) is 11.4 Å². The highest BCUT2D eigenvalue weighted by Crippen LogP contribution is 2.20. The van der Waals surface area contributed by atoms with Gasteiger partial charge in [-0.05, 0) is 26.0 Å². The van der Waals surface area contributed by atoms with Gasteiger partial charge in [-0.3, -0.25) is 0 Å². The molecule has 0 aliphatic rings. The van der Waals surface area contributed by atoms with Crippen LogP contribution in [0.3, 0.4) is 0 Å². The Bertz CT molecular complexity index is 520. The molecule has 1 heterocycles. The first kappa shape index (κ1) is 10.8. The van der Waals surface area contributed by atoms with Crippen LogP contribution in [-0.4, -0.2) is 14.9 Å². The van der Waals surface area contributed by atoms with Gasteiger partial charge in [-0.2, -0.15) is 5.10 Å². The largest absolute Gasteiger partial charge is 0.392 e. The summed E-state index contributed by atoms with van der Waals surface area (Å²) in [6.07, 6.45) is 0. The van der Waals surface area contributed by atoms with E-state index in [1.54, 1.807) is 12.1 Å². The van der Waals surface area contributed by atoms with Crippen molar-refractivity contribution in [2.24, 2.45) is 0 Å². The summed E-state index contributed by atoms with van der Waals surface area (Å²) in [7, 11) is 0. The Morgan fingerprint density at radius 2 is 2.12 bits per heavy atom. The van der Waals surface area contributed by atoms with Crippen molar-refractivity contribution >= 4 is 0 Å². The SMILES string of the molecule is Cc1cc(C)n(-c2c(F)cccc2CO)n1. The van der Waals surface area contributed by atoms with Crippen LogP contribution in [0.2, 0.25) is 0 Å². The van der Waals surface area contributed by atoms with Gasteiger partial charge >= 0.3 is 0 Å². The van der Waals surface area contributed by atoms with E-state index in [0.29, 0.717) is 11.3 Å². The number of aliphatic hydroxyl groups excluding tert-OH is 1. The van der Waals surface area contributed by atoms with Gasteiger partial charge < -0.3 is 5.11 Å². The van der Waals surface area contributed by atoms with Crippen LogP contribution in [0.4, 0.5) is 4.39 Å². The molecule has 0 aliphatic heterocycles. The summed E-state index contributed by atoms with van der Waals surface area (Å²) in [5.41, 5.74) is 2.53. The highest BCUT2D eigenvalue weighted by Gasteiger charge is 2.12. The topological polar surface area (TPSA) is 38.0 Å². The summed E-state index contributed by atoms with van der Waals surface area (Å²) in [5.74, 6) is -0.377. The standard InChI is InChI=1S/C12H13FN2O/c1-8-6-9(2)15(14-8)12-10(7-16)4-3-5-11(12)13/h3-6,16H,7H2,1-2H3. The monoisotopic (exact) mass is 220 g/mol. The van der Waals surface area contributed by atoms with Crippen molar-refractivity contribution in [2.75, 3.05) is 0 Å². The number of benzene rings is 1. The molecule has 2 rings (SSSR count). The molecule has 0 unspecified atom stereocenters. The van der Waals surface area contributed by atoms with Gasteiger partial charge in [0.05, 0.1) is 12.3 Å². The molecule has 3 nitrogen and oxygen atoms in total. The van der Waals surface area contributed by atoms with Crippen molar-refractivity contribution < 1.29 is 9.50 Å². The number of nitrogens with zero attached hydrogens (tertiary/aromatic N) is 2. The molecule has 0 aliphatic carbocycles. The molecule has 0 saturated carbocycles. The number of hydrogen-bond donors (Lipinski definition) is 1. The average molecular weight is 220 g/mol. The minimum Gasteiger partial charge on any atom is -0.392 e. The third-order valence-electron chi connectivity index (χ3n) is 2.46. The zero-order chi connectivity index (χ0) is 11.7. The van der Waals surface area contributed by atoms with Gasteiger partial charge in [0, 0.05) is 11.3 Å². The Balaban J connectivity index is 2.67. The second kappa shape index (κ2) is 4.06. The summed E-state index contributed by atoms with van der Waals surface area (Å²) in [6.45, 7) is 3.50. The van der Waals surface area contributed by atoms with E-state index >= 15 is 0 Å². The zero-order valence-corrected chi connectivity index (χ0v) is 9.24. The molecule has 0 fully saturated rings. The fourth-order valence-corrected chi connectivity index (χ4v) is 1.78. The van der Waals surface area contributed by atoms with Gasteiger partial charge in [0.2, 0.25) is 0 Å². The van der Waals surface area contributed by atoms with Crippen molar-refractivity contribution in [3.63, 3.8) is 0 Å². The number of rotatable bonds is 2. The predicted molar refractivity (Wildman–Crippen MR) is 58.9 cm³/mol. The minimum absolute atomic E-state index is 0.203. The van der Waals surface area contributed by atoms with Crippen molar-refractivity contribution in [1.29, 1.82) is 0 Å². The Hall–Kier alpha value is -1.68. The first-order chi connectivity index (χ1) is 7.63. The van der Waals surface area contributed by atoms with Crippen LogP contribution in [0.25, 0.3) is 5.69 Å². The van der Waals surface area contributed by atoms with Crippen LogP contribution in [0, 0.1) is 19.7 Å². The lowest BCUT2D eigenvalue weighted by molar-refractivity contribution is 0.280. The fourth-order valence-electron chi connectivity index (χ4n) is 1.78. The molecule has 1 N–H and O–H groups in total. The van der Waals surface area contributed by atoms with Crippen molar-refractivity contribution in [3.8, 4) is 5.69 Å². The molecule has 1 aromatic carbocycles. The molecule has 0 bridgehead atoms. The molecule has 0 amide bonds. The maximum atomic E-state index is 13.7. The smallest absolute Gasteiger partial charge is 0.149 e. The number of aliphatic hydroxyl groups is 1. The number of aromatic nitrogens is 2. The van der Waals surface area contributed by atoms with E-state index in [1.807, 2.05) is 19.9 Å². The molecular weight excluding hydrogens is 207 g/mol. The summed E-state index contributed by atoms with van der Waals surface area (Å²) in [6, 6.07) is 6.50. The van der Waals surface area contributed by atoms with Gasteiger partial charge in [0.25, 0.3) is 0 Å². The Labute approximate surface area is 93.2 Å². The highest BCUT2D eigenvalue weighted by atomic mass is 19.1. The zero-order valence-electron chi connectivity index (χ0n) is 9.24. The predicted octanol–water partition coefficient (Wildman–Crippen LogP) is 2.12. The lowest BCUT2D eigenvalue weighted by Gasteiger charge is -2.10. The second-order valence-electron chi connectivity index (χ2n) is 3.74. The van der Waals surface area contributed by atoms with Gasteiger partial charge in [0.15, 0.2) is 0 Å². The van der Waals surface area contributed by atoms with E-state index in [4.69, 9.17) is 0 Å². The highest BCUT2D eigenvalue weighted by molar-refractivity contribution is 5.42. The van der Waals surface area contributed by atoms with Crippen LogP contribution in [0.1, 0.15) is 17.0 Å². The molecule has 1 aromatic heterocycles. The third-order valence-corrected chi connectivity index (χ3v) is 2.46. The van der Waals surface area contributed by atoms with Gasteiger partial charge in [-0.25, -0.2) is 9.07 Å². The summed E-state index contributed by atoms with van der Waals surface area (Å²) >= 11 is 0. The van der Waals surface area contributed by atoms with Crippen LogP contribution >= 0.6 is 0 Å². The molecule has 16 heavy (non-hydrogen) atoms.